The second-order valence-electron chi connectivity index (χ2n) is 8.67. The van der Waals surface area contributed by atoms with Gasteiger partial charge in [0.2, 0.25) is 5.91 Å². The van der Waals surface area contributed by atoms with Crippen molar-refractivity contribution < 1.29 is 18.1 Å². The normalized spacial score (nSPS) is 13.9. The number of hydrogen-bond donors (Lipinski definition) is 1. The highest BCUT2D eigenvalue weighted by Gasteiger charge is 2.27. The van der Waals surface area contributed by atoms with Crippen molar-refractivity contribution in [1.29, 1.82) is 0 Å². The first kappa shape index (κ1) is 25.3. The summed E-state index contributed by atoms with van der Waals surface area (Å²) in [4.78, 5) is 25.7. The van der Waals surface area contributed by atoms with Gasteiger partial charge in [-0.05, 0) is 61.3 Å². The van der Waals surface area contributed by atoms with E-state index in [0.717, 1.165) is 29.5 Å². The molecule has 36 heavy (non-hydrogen) atoms. The summed E-state index contributed by atoms with van der Waals surface area (Å²) in [5.41, 5.74) is 2.10. The summed E-state index contributed by atoms with van der Waals surface area (Å²) in [6, 6.07) is 20.8. The smallest absolute Gasteiger partial charge is 0.269 e. The minimum Gasteiger partial charge on any atom is -0.350 e. The topological polar surface area (TPSA) is 113 Å². The predicted octanol–water partition coefficient (Wildman–Crippen LogP) is 3.70. The van der Waals surface area contributed by atoms with E-state index in [0.29, 0.717) is 0 Å². The van der Waals surface area contributed by atoms with Crippen molar-refractivity contribution in [3.63, 3.8) is 0 Å². The molecule has 1 N–H and O–H groups in total. The summed E-state index contributed by atoms with van der Waals surface area (Å²) in [7, 11) is -4.08. The van der Waals surface area contributed by atoms with Gasteiger partial charge in [-0.25, -0.2) is 8.42 Å². The summed E-state index contributed by atoms with van der Waals surface area (Å²) in [6.07, 6.45) is 2.47. The number of hydrogen-bond acceptors (Lipinski definition) is 6. The number of sulfonamides is 1. The number of carbonyl (C=O) groups is 1. The molecule has 0 aromatic heterocycles. The van der Waals surface area contributed by atoms with Crippen LogP contribution in [0.1, 0.15) is 24.0 Å². The van der Waals surface area contributed by atoms with Crippen molar-refractivity contribution in [2.24, 2.45) is 0 Å². The third-order valence-electron chi connectivity index (χ3n) is 6.08. The lowest BCUT2D eigenvalue weighted by atomic mass is 10.1. The van der Waals surface area contributed by atoms with Gasteiger partial charge in [-0.2, -0.15) is 0 Å². The molecule has 0 radical (unpaired) electrons. The molecule has 3 aromatic rings. The van der Waals surface area contributed by atoms with Gasteiger partial charge in [-0.1, -0.05) is 42.5 Å². The van der Waals surface area contributed by atoms with Gasteiger partial charge in [-0.15, -0.1) is 0 Å². The van der Waals surface area contributed by atoms with Gasteiger partial charge in [-0.3, -0.25) is 24.1 Å². The van der Waals surface area contributed by atoms with E-state index in [1.165, 1.54) is 54.8 Å². The van der Waals surface area contributed by atoms with E-state index in [1.54, 1.807) is 18.2 Å². The quantitative estimate of drug-likeness (QED) is 0.330. The van der Waals surface area contributed by atoms with E-state index in [1.807, 2.05) is 24.3 Å². The van der Waals surface area contributed by atoms with Crippen LogP contribution in [0.5, 0.6) is 0 Å². The third kappa shape index (κ3) is 6.27. The number of rotatable bonds is 10. The van der Waals surface area contributed by atoms with Crippen LogP contribution in [0.3, 0.4) is 0 Å². The van der Waals surface area contributed by atoms with E-state index >= 15 is 0 Å². The van der Waals surface area contributed by atoms with Crippen LogP contribution in [0.4, 0.5) is 11.4 Å². The number of anilines is 1. The summed E-state index contributed by atoms with van der Waals surface area (Å²) >= 11 is 0. The first-order chi connectivity index (χ1) is 17.3. The van der Waals surface area contributed by atoms with Crippen LogP contribution >= 0.6 is 0 Å². The fourth-order valence-electron chi connectivity index (χ4n) is 4.12. The second kappa shape index (κ2) is 11.3. The Morgan fingerprint density at radius 2 is 1.53 bits per heavy atom. The maximum atomic E-state index is 13.3. The average Bonchev–Trinajstić information content (AvgIpc) is 3.40. The van der Waals surface area contributed by atoms with Crippen LogP contribution in [0.25, 0.3) is 0 Å². The first-order valence-corrected chi connectivity index (χ1v) is 13.2. The van der Waals surface area contributed by atoms with Gasteiger partial charge in [0.1, 0.15) is 6.54 Å². The van der Waals surface area contributed by atoms with Crippen LogP contribution < -0.4 is 9.62 Å². The minimum absolute atomic E-state index is 0.0183. The Morgan fingerprint density at radius 1 is 0.917 bits per heavy atom. The lowest BCUT2D eigenvalue weighted by Gasteiger charge is -2.24. The summed E-state index contributed by atoms with van der Waals surface area (Å²) in [5, 5.41) is 13.8. The molecule has 10 heteroatoms. The molecule has 188 valence electrons. The monoisotopic (exact) mass is 508 g/mol. The van der Waals surface area contributed by atoms with E-state index in [2.05, 4.69) is 10.2 Å². The maximum Gasteiger partial charge on any atom is 0.269 e. The lowest BCUT2D eigenvalue weighted by molar-refractivity contribution is -0.384. The molecular weight excluding hydrogens is 480 g/mol. The first-order valence-electron chi connectivity index (χ1n) is 11.7. The molecule has 0 bridgehead atoms. The molecule has 0 saturated carbocycles. The highest BCUT2D eigenvalue weighted by atomic mass is 32.2. The highest BCUT2D eigenvalue weighted by molar-refractivity contribution is 7.92. The molecule has 1 aliphatic heterocycles. The van der Waals surface area contributed by atoms with Gasteiger partial charge < -0.3 is 5.32 Å². The molecular formula is C26H28N4O5S. The fourth-order valence-corrected chi connectivity index (χ4v) is 5.57. The van der Waals surface area contributed by atoms with Crippen LogP contribution in [0, 0.1) is 10.1 Å². The lowest BCUT2D eigenvalue weighted by Crippen LogP contribution is -2.40. The Labute approximate surface area is 210 Å². The Kier molecular flexibility index (Phi) is 7.97. The Balaban J connectivity index is 1.45. The van der Waals surface area contributed by atoms with Crippen LogP contribution in [0.2, 0.25) is 0 Å². The van der Waals surface area contributed by atoms with E-state index < -0.39 is 27.4 Å². The zero-order chi connectivity index (χ0) is 25.5. The molecule has 0 unspecified atom stereocenters. The minimum atomic E-state index is -4.08. The number of non-ortho nitro benzene ring substituents is 1. The third-order valence-corrected chi connectivity index (χ3v) is 7.87. The summed E-state index contributed by atoms with van der Waals surface area (Å²) in [6.45, 7) is 2.93. The number of amides is 1. The Bertz CT molecular complexity index is 1290. The molecule has 1 amide bonds. The zero-order valence-electron chi connectivity index (χ0n) is 19.7. The molecule has 1 fully saturated rings. The van der Waals surface area contributed by atoms with E-state index in [4.69, 9.17) is 0 Å². The van der Waals surface area contributed by atoms with Crippen molar-refractivity contribution >= 4 is 27.3 Å². The highest BCUT2D eigenvalue weighted by Crippen LogP contribution is 2.25. The van der Waals surface area contributed by atoms with Crippen LogP contribution in [-0.4, -0.2) is 43.8 Å². The van der Waals surface area contributed by atoms with Crippen molar-refractivity contribution in [2.75, 3.05) is 23.9 Å². The summed E-state index contributed by atoms with van der Waals surface area (Å²) in [5.74, 6) is -0.492. The van der Waals surface area contributed by atoms with Crippen LogP contribution in [0.15, 0.2) is 83.8 Å². The maximum absolute atomic E-state index is 13.3. The van der Waals surface area contributed by atoms with E-state index in [9.17, 15) is 23.3 Å². The Morgan fingerprint density at radius 3 is 2.14 bits per heavy atom. The number of nitro benzene ring substituents is 1. The molecule has 0 aliphatic carbocycles. The number of carbonyl (C=O) groups excluding carboxylic acids is 1. The van der Waals surface area contributed by atoms with Crippen LogP contribution in [-0.2, 0) is 27.9 Å². The van der Waals surface area contributed by atoms with Crippen molar-refractivity contribution in [2.45, 2.75) is 30.8 Å². The fraction of sp³-hybridized carbons (Fsp3) is 0.269. The molecule has 1 aliphatic rings. The number of benzene rings is 3. The predicted molar refractivity (Wildman–Crippen MR) is 137 cm³/mol. The van der Waals surface area contributed by atoms with Crippen molar-refractivity contribution in [1.82, 2.24) is 10.2 Å². The molecule has 1 saturated heterocycles. The number of likely N-dealkylation sites (tertiary alicyclic amines) is 1. The van der Waals surface area contributed by atoms with Crippen molar-refractivity contribution in [3.05, 3.63) is 100 Å². The largest absolute Gasteiger partial charge is 0.350 e. The molecule has 3 aromatic carbocycles. The zero-order valence-corrected chi connectivity index (χ0v) is 20.6. The number of nitrogens with zero attached hydrogens (tertiary/aromatic N) is 3. The van der Waals surface area contributed by atoms with Gasteiger partial charge in [0.15, 0.2) is 0 Å². The SMILES string of the molecule is O=C(CN(c1ccc([N+](=O)[O-])cc1)S(=O)(=O)c1ccccc1)NCc1ccc(CN2CCCC2)cc1. The molecule has 4 rings (SSSR count). The summed E-state index contributed by atoms with van der Waals surface area (Å²) < 4.78 is 27.7. The van der Waals surface area contributed by atoms with Gasteiger partial charge in [0.05, 0.1) is 15.5 Å². The molecule has 9 nitrogen and oxygen atoms in total. The molecule has 0 spiro atoms. The second-order valence-corrected chi connectivity index (χ2v) is 10.5. The number of nitro groups is 1. The molecule has 0 atom stereocenters. The standard InChI is InChI=1S/C26H28N4O5S/c31-26(27-18-21-8-10-22(11-9-21)19-28-16-4-5-17-28)20-29(23-12-14-24(15-13-23)30(32)33)36(34,35)25-6-2-1-3-7-25/h1-3,6-15H,4-5,16-20H2,(H,27,31). The Hall–Kier alpha value is -3.76. The van der Waals surface area contributed by atoms with Gasteiger partial charge >= 0.3 is 0 Å². The molecule has 1 heterocycles. The average molecular weight is 509 g/mol. The van der Waals surface area contributed by atoms with Crippen molar-refractivity contribution in [3.8, 4) is 0 Å². The van der Waals surface area contributed by atoms with E-state index in [-0.39, 0.29) is 22.8 Å². The van der Waals surface area contributed by atoms with Gasteiger partial charge in [0.25, 0.3) is 15.7 Å². The van der Waals surface area contributed by atoms with Gasteiger partial charge in [0, 0.05) is 25.2 Å². The number of nitrogens with one attached hydrogen (secondary N) is 1.